The van der Waals surface area contributed by atoms with Crippen molar-refractivity contribution in [2.45, 2.75) is 39.3 Å². The molecule has 0 bridgehead atoms. The highest BCUT2D eigenvalue weighted by Crippen LogP contribution is 2.22. The second-order valence-electron chi connectivity index (χ2n) is 6.89. The Morgan fingerprint density at radius 2 is 1.61 bits per heavy atom. The van der Waals surface area contributed by atoms with Crippen molar-refractivity contribution < 1.29 is 4.79 Å². The van der Waals surface area contributed by atoms with Gasteiger partial charge in [0.2, 0.25) is 0 Å². The summed E-state index contributed by atoms with van der Waals surface area (Å²) in [7, 11) is 0. The van der Waals surface area contributed by atoms with Gasteiger partial charge in [-0.1, -0.05) is 67.6 Å². The molecule has 2 unspecified atom stereocenters. The van der Waals surface area contributed by atoms with Gasteiger partial charge in [-0.25, -0.2) is 9.97 Å². The third kappa shape index (κ3) is 4.94. The summed E-state index contributed by atoms with van der Waals surface area (Å²) in [5, 5.41) is 6.38. The normalized spacial score (nSPS) is 12.8. The van der Waals surface area contributed by atoms with E-state index in [9.17, 15) is 4.79 Å². The van der Waals surface area contributed by atoms with E-state index in [1.165, 1.54) is 0 Å². The van der Waals surface area contributed by atoms with Crippen molar-refractivity contribution in [3.05, 3.63) is 78.0 Å². The molecule has 28 heavy (non-hydrogen) atoms. The second kappa shape index (κ2) is 9.13. The number of carbonyl (C=O) groups excluding carboxylic acids is 1. The summed E-state index contributed by atoms with van der Waals surface area (Å²) >= 11 is 0. The highest BCUT2D eigenvalue weighted by atomic mass is 16.1. The SMILES string of the molecule is CCC(C)NC(=O)c1cc(NC(C)c2ccccc2)nc(-c2ccccc2)n1. The van der Waals surface area contributed by atoms with Crippen LogP contribution in [0.1, 0.15) is 49.3 Å². The molecule has 2 N–H and O–H groups in total. The Hall–Kier alpha value is -3.21. The molecule has 0 aliphatic heterocycles. The lowest BCUT2D eigenvalue weighted by Gasteiger charge is -2.17. The van der Waals surface area contributed by atoms with E-state index in [1.807, 2.05) is 62.4 Å². The van der Waals surface area contributed by atoms with Crippen LogP contribution < -0.4 is 10.6 Å². The van der Waals surface area contributed by atoms with E-state index in [-0.39, 0.29) is 18.0 Å². The monoisotopic (exact) mass is 374 g/mol. The highest BCUT2D eigenvalue weighted by molar-refractivity contribution is 5.93. The van der Waals surface area contributed by atoms with Crippen LogP contribution in [0.15, 0.2) is 66.7 Å². The van der Waals surface area contributed by atoms with Gasteiger partial charge >= 0.3 is 0 Å². The molecular weight excluding hydrogens is 348 g/mol. The summed E-state index contributed by atoms with van der Waals surface area (Å²) in [5.41, 5.74) is 2.38. The van der Waals surface area contributed by atoms with Gasteiger partial charge < -0.3 is 10.6 Å². The lowest BCUT2D eigenvalue weighted by Crippen LogP contribution is -2.32. The number of nitrogens with zero attached hydrogens (tertiary/aromatic N) is 2. The van der Waals surface area contributed by atoms with Crippen LogP contribution in [0.3, 0.4) is 0 Å². The topological polar surface area (TPSA) is 66.9 Å². The Morgan fingerprint density at radius 1 is 0.964 bits per heavy atom. The van der Waals surface area contributed by atoms with Crippen LogP contribution in [0.2, 0.25) is 0 Å². The van der Waals surface area contributed by atoms with Crippen LogP contribution in [0, 0.1) is 0 Å². The van der Waals surface area contributed by atoms with E-state index >= 15 is 0 Å². The molecule has 5 nitrogen and oxygen atoms in total. The number of hydrogen-bond donors (Lipinski definition) is 2. The Balaban J connectivity index is 1.94. The van der Waals surface area contributed by atoms with Gasteiger partial charge in [0.25, 0.3) is 5.91 Å². The molecule has 3 rings (SSSR count). The zero-order valence-corrected chi connectivity index (χ0v) is 16.5. The minimum atomic E-state index is -0.190. The second-order valence-corrected chi connectivity index (χ2v) is 6.89. The number of anilines is 1. The Bertz CT molecular complexity index is 912. The zero-order valence-electron chi connectivity index (χ0n) is 16.5. The molecule has 2 atom stereocenters. The van der Waals surface area contributed by atoms with Crippen molar-refractivity contribution >= 4 is 11.7 Å². The summed E-state index contributed by atoms with van der Waals surface area (Å²) in [6.45, 7) is 6.08. The standard InChI is InChI=1S/C23H26N4O/c1-4-16(2)24-23(28)20-15-21(25-17(3)18-11-7-5-8-12-18)27-22(26-20)19-13-9-6-10-14-19/h5-17H,4H2,1-3H3,(H,24,28)(H,25,26,27). The molecule has 0 aliphatic rings. The Labute approximate surface area is 166 Å². The molecule has 1 heterocycles. The van der Waals surface area contributed by atoms with Crippen molar-refractivity contribution in [2.24, 2.45) is 0 Å². The van der Waals surface area contributed by atoms with Crippen LogP contribution >= 0.6 is 0 Å². The van der Waals surface area contributed by atoms with Crippen molar-refractivity contribution in [3.63, 3.8) is 0 Å². The maximum atomic E-state index is 12.7. The fraction of sp³-hybridized carbons (Fsp3) is 0.261. The third-order valence-electron chi connectivity index (χ3n) is 4.64. The number of nitrogens with one attached hydrogen (secondary N) is 2. The fourth-order valence-corrected chi connectivity index (χ4v) is 2.80. The quantitative estimate of drug-likeness (QED) is 0.621. The van der Waals surface area contributed by atoms with Crippen molar-refractivity contribution in [3.8, 4) is 11.4 Å². The Kier molecular flexibility index (Phi) is 6.37. The molecule has 3 aromatic rings. The van der Waals surface area contributed by atoms with E-state index in [0.717, 1.165) is 17.5 Å². The number of hydrogen-bond acceptors (Lipinski definition) is 4. The largest absolute Gasteiger partial charge is 0.363 e. The number of amides is 1. The zero-order chi connectivity index (χ0) is 19.9. The van der Waals surface area contributed by atoms with Gasteiger partial charge in [0.15, 0.2) is 5.82 Å². The summed E-state index contributed by atoms with van der Waals surface area (Å²) in [6.07, 6.45) is 0.860. The number of rotatable bonds is 7. The predicted octanol–water partition coefficient (Wildman–Crippen LogP) is 4.85. The van der Waals surface area contributed by atoms with Gasteiger partial charge in [-0.2, -0.15) is 0 Å². The minimum Gasteiger partial charge on any atom is -0.363 e. The van der Waals surface area contributed by atoms with Crippen molar-refractivity contribution in [1.29, 1.82) is 0 Å². The van der Waals surface area contributed by atoms with Gasteiger partial charge in [0.1, 0.15) is 11.5 Å². The average molecular weight is 374 g/mol. The number of aromatic nitrogens is 2. The molecule has 2 aromatic carbocycles. The maximum absolute atomic E-state index is 12.7. The summed E-state index contributed by atoms with van der Waals surface area (Å²) in [5.74, 6) is 0.962. The molecule has 144 valence electrons. The van der Waals surface area contributed by atoms with E-state index < -0.39 is 0 Å². The third-order valence-corrected chi connectivity index (χ3v) is 4.64. The van der Waals surface area contributed by atoms with Crippen LogP contribution in [0.25, 0.3) is 11.4 Å². The van der Waals surface area contributed by atoms with E-state index in [0.29, 0.717) is 17.3 Å². The first kappa shape index (κ1) is 19.5. The van der Waals surface area contributed by atoms with E-state index in [1.54, 1.807) is 6.07 Å². The van der Waals surface area contributed by atoms with Gasteiger partial charge in [0.05, 0.1) is 0 Å². The van der Waals surface area contributed by atoms with Crippen LogP contribution in [0.4, 0.5) is 5.82 Å². The highest BCUT2D eigenvalue weighted by Gasteiger charge is 2.16. The molecule has 0 aliphatic carbocycles. The fourth-order valence-electron chi connectivity index (χ4n) is 2.80. The maximum Gasteiger partial charge on any atom is 0.270 e. The molecule has 0 fully saturated rings. The smallest absolute Gasteiger partial charge is 0.270 e. The number of benzene rings is 2. The van der Waals surface area contributed by atoms with Crippen LogP contribution in [-0.4, -0.2) is 21.9 Å². The summed E-state index contributed by atoms with van der Waals surface area (Å²) in [6, 6.07) is 21.7. The molecule has 0 saturated carbocycles. The van der Waals surface area contributed by atoms with Crippen LogP contribution in [-0.2, 0) is 0 Å². The molecule has 0 spiro atoms. The lowest BCUT2D eigenvalue weighted by molar-refractivity contribution is 0.0934. The average Bonchev–Trinajstić information content (AvgIpc) is 2.74. The minimum absolute atomic E-state index is 0.0465. The van der Waals surface area contributed by atoms with Crippen molar-refractivity contribution in [2.75, 3.05) is 5.32 Å². The first-order valence-electron chi connectivity index (χ1n) is 9.63. The van der Waals surface area contributed by atoms with Gasteiger partial charge in [-0.15, -0.1) is 0 Å². The Morgan fingerprint density at radius 3 is 2.25 bits per heavy atom. The molecule has 1 aromatic heterocycles. The van der Waals surface area contributed by atoms with E-state index in [4.69, 9.17) is 0 Å². The lowest BCUT2D eigenvalue weighted by atomic mass is 10.1. The molecule has 1 amide bonds. The van der Waals surface area contributed by atoms with Gasteiger partial charge in [0, 0.05) is 23.7 Å². The molecule has 0 radical (unpaired) electrons. The molecular formula is C23H26N4O. The molecule has 5 heteroatoms. The van der Waals surface area contributed by atoms with Crippen molar-refractivity contribution in [1.82, 2.24) is 15.3 Å². The summed E-state index contributed by atoms with van der Waals surface area (Å²) < 4.78 is 0. The van der Waals surface area contributed by atoms with E-state index in [2.05, 4.69) is 39.7 Å². The first-order chi connectivity index (χ1) is 13.6. The first-order valence-corrected chi connectivity index (χ1v) is 9.63. The number of carbonyl (C=O) groups is 1. The molecule has 0 saturated heterocycles. The van der Waals surface area contributed by atoms with Gasteiger partial charge in [-0.05, 0) is 25.8 Å². The summed E-state index contributed by atoms with van der Waals surface area (Å²) in [4.78, 5) is 21.8. The predicted molar refractivity (Wildman–Crippen MR) is 113 cm³/mol. The van der Waals surface area contributed by atoms with Gasteiger partial charge in [-0.3, -0.25) is 4.79 Å². The van der Waals surface area contributed by atoms with Crippen LogP contribution in [0.5, 0.6) is 0 Å².